The van der Waals surface area contributed by atoms with Crippen molar-refractivity contribution in [3.63, 3.8) is 0 Å². The molecule has 0 aliphatic heterocycles. The summed E-state index contributed by atoms with van der Waals surface area (Å²) in [4.78, 5) is 3.32. The summed E-state index contributed by atoms with van der Waals surface area (Å²) in [6.07, 6.45) is 0. The van der Waals surface area contributed by atoms with Crippen molar-refractivity contribution in [1.82, 2.24) is 0 Å². The van der Waals surface area contributed by atoms with Crippen LogP contribution < -0.4 is 4.46 Å². The van der Waals surface area contributed by atoms with E-state index in [0.717, 1.165) is 0 Å². The maximum absolute atomic E-state index is 3.39. The Morgan fingerprint density at radius 1 is 1.08 bits per heavy atom. The zero-order valence-corrected chi connectivity index (χ0v) is 11.0. The van der Waals surface area contributed by atoms with Crippen molar-refractivity contribution >= 4 is 27.5 Å². The van der Waals surface area contributed by atoms with Gasteiger partial charge in [0.15, 0.2) is 0 Å². The second-order valence-corrected chi connectivity index (χ2v) is 10.5. The van der Waals surface area contributed by atoms with Gasteiger partial charge in [-0.2, -0.15) is 0 Å². The summed E-state index contributed by atoms with van der Waals surface area (Å²) in [5, 5.41) is 0. The third-order valence-corrected chi connectivity index (χ3v) is 4.11. The van der Waals surface area contributed by atoms with Gasteiger partial charge < -0.3 is 0 Å². The van der Waals surface area contributed by atoms with E-state index >= 15 is 0 Å². The number of rotatable bonds is 1. The van der Waals surface area contributed by atoms with E-state index in [1.165, 1.54) is 4.46 Å². The van der Waals surface area contributed by atoms with Gasteiger partial charge in [0.1, 0.15) is 0 Å². The topological polar surface area (TPSA) is 0 Å². The Morgan fingerprint density at radius 3 is 2.23 bits per heavy atom. The monoisotopic (exact) mass is 254 g/mol. The Labute approximate surface area is 87.9 Å². The molecule has 0 atom stereocenters. The molecule has 2 heteroatoms. The fourth-order valence-electron chi connectivity index (χ4n) is 0.726. The molecule has 0 aliphatic carbocycles. The van der Waals surface area contributed by atoms with Crippen LogP contribution >= 0.6 is 0 Å². The van der Waals surface area contributed by atoms with Crippen molar-refractivity contribution in [3.8, 4) is 10.4 Å². The van der Waals surface area contributed by atoms with Gasteiger partial charge in [-0.1, -0.05) is 0 Å². The Hall–Kier alpha value is -0.484. The van der Waals surface area contributed by atoms with E-state index < -0.39 is 8.07 Å². The van der Waals surface area contributed by atoms with Crippen LogP contribution in [0.3, 0.4) is 0 Å². The fraction of sp³-hybridized carbons (Fsp3) is 0.273. The van der Waals surface area contributed by atoms with E-state index in [0.29, 0.717) is 15.0 Å². The number of benzene rings is 1. The van der Waals surface area contributed by atoms with Crippen molar-refractivity contribution in [1.29, 1.82) is 0 Å². The zero-order valence-electron chi connectivity index (χ0n) is 8.29. The summed E-state index contributed by atoms with van der Waals surface area (Å²) in [7, 11) is -1.16. The molecule has 0 saturated heterocycles. The molecule has 0 unspecified atom stereocenters. The minimum absolute atomic E-state index is 0.349. The summed E-state index contributed by atoms with van der Waals surface area (Å²) < 4.78 is 1.38. The molecule has 0 spiro atoms. The molecule has 0 saturated carbocycles. The molecule has 1 aromatic carbocycles. The van der Waals surface area contributed by atoms with E-state index in [9.17, 15) is 0 Å². The van der Waals surface area contributed by atoms with Gasteiger partial charge in [0.25, 0.3) is 0 Å². The van der Waals surface area contributed by atoms with Crippen LogP contribution in [-0.2, 0) is 0 Å². The first-order valence-corrected chi connectivity index (χ1v) is 9.53. The minimum atomic E-state index is -1.16. The molecule has 0 aliphatic rings. The molecule has 68 valence electrons. The van der Waals surface area contributed by atoms with Crippen molar-refractivity contribution in [2.75, 3.05) is 0 Å². The molecule has 0 fully saturated rings. The van der Waals surface area contributed by atoms with Gasteiger partial charge in [-0.05, 0) is 0 Å². The average molecular weight is 253 g/mol. The molecule has 13 heavy (non-hydrogen) atoms. The van der Waals surface area contributed by atoms with Crippen LogP contribution in [0.25, 0.3) is 0 Å². The van der Waals surface area contributed by atoms with E-state index in [1.807, 2.05) is 6.07 Å². The number of hydrogen-bond donors (Lipinski definition) is 0. The summed E-state index contributed by atoms with van der Waals surface area (Å²) in [5.41, 5.74) is 3.39. The quantitative estimate of drug-likeness (QED) is 0.529. The second kappa shape index (κ2) is 4.67. The number of hydrogen-bond acceptors (Lipinski definition) is 0. The predicted octanol–water partition coefficient (Wildman–Crippen LogP) is 1.85. The SMILES string of the molecule is C[Si](C)(C)C#C[Se]c1ccccc1. The van der Waals surface area contributed by atoms with E-state index in [4.69, 9.17) is 0 Å². The summed E-state index contributed by atoms with van der Waals surface area (Å²) in [6, 6.07) is 10.5. The van der Waals surface area contributed by atoms with Crippen molar-refractivity contribution in [2.45, 2.75) is 19.6 Å². The van der Waals surface area contributed by atoms with Gasteiger partial charge >= 0.3 is 87.8 Å². The Bertz CT molecular complexity index is 313. The first-order valence-electron chi connectivity index (χ1n) is 4.32. The molecule has 0 radical (unpaired) electrons. The normalized spacial score (nSPS) is 10.4. The van der Waals surface area contributed by atoms with Crippen LogP contribution in [0.2, 0.25) is 19.6 Å². The van der Waals surface area contributed by atoms with Crippen molar-refractivity contribution in [2.24, 2.45) is 0 Å². The summed E-state index contributed by atoms with van der Waals surface area (Å²) in [6.45, 7) is 6.84. The van der Waals surface area contributed by atoms with Gasteiger partial charge in [-0.25, -0.2) is 0 Å². The van der Waals surface area contributed by atoms with Gasteiger partial charge in [0.05, 0.1) is 0 Å². The first-order chi connectivity index (χ1) is 6.08. The molecule has 0 nitrogen and oxygen atoms in total. The van der Waals surface area contributed by atoms with Crippen LogP contribution in [0.1, 0.15) is 0 Å². The van der Waals surface area contributed by atoms with Crippen molar-refractivity contribution in [3.05, 3.63) is 30.3 Å². The molecule has 0 N–H and O–H groups in total. The third kappa shape index (κ3) is 4.95. The molecular formula is C11H14SeSi. The van der Waals surface area contributed by atoms with Gasteiger partial charge in [-0.15, -0.1) is 0 Å². The summed E-state index contributed by atoms with van der Waals surface area (Å²) >= 11 is 0.349. The van der Waals surface area contributed by atoms with Crippen LogP contribution in [0.15, 0.2) is 30.3 Å². The Balaban J connectivity index is 2.56. The molecule has 0 heterocycles. The average Bonchev–Trinajstić information content (AvgIpc) is 2.04. The van der Waals surface area contributed by atoms with Crippen molar-refractivity contribution < 1.29 is 0 Å². The van der Waals surface area contributed by atoms with Gasteiger partial charge in [0, 0.05) is 0 Å². The first kappa shape index (κ1) is 10.6. The van der Waals surface area contributed by atoms with Crippen LogP contribution in [0, 0.1) is 10.4 Å². The maximum atomic E-state index is 3.39. The van der Waals surface area contributed by atoms with Crippen LogP contribution in [-0.4, -0.2) is 23.0 Å². The van der Waals surface area contributed by atoms with Gasteiger partial charge in [-0.3, -0.25) is 0 Å². The standard InChI is InChI=1S/C11H14SeSi/c1-13(2,3)10-9-12-11-7-5-4-6-8-11/h4-8H,1-3H3. The van der Waals surface area contributed by atoms with E-state index in [2.05, 4.69) is 54.3 Å². The zero-order chi connectivity index (χ0) is 9.73. The molecule has 0 aromatic heterocycles. The molecule has 1 aromatic rings. The second-order valence-electron chi connectivity index (χ2n) is 3.89. The van der Waals surface area contributed by atoms with Crippen LogP contribution in [0.4, 0.5) is 0 Å². The van der Waals surface area contributed by atoms with Crippen LogP contribution in [0.5, 0.6) is 0 Å². The predicted molar refractivity (Wildman–Crippen MR) is 63.0 cm³/mol. The van der Waals surface area contributed by atoms with Gasteiger partial charge in [0.2, 0.25) is 0 Å². The van der Waals surface area contributed by atoms with E-state index in [-0.39, 0.29) is 0 Å². The van der Waals surface area contributed by atoms with E-state index in [1.54, 1.807) is 0 Å². The summed E-state index contributed by atoms with van der Waals surface area (Å²) in [5.74, 6) is 0. The Morgan fingerprint density at radius 2 is 1.69 bits per heavy atom. The fourth-order valence-corrected chi connectivity index (χ4v) is 4.19. The molecule has 1 rings (SSSR count). The molecule has 0 bridgehead atoms. The third-order valence-electron chi connectivity index (χ3n) is 1.34. The molecule has 0 amide bonds. The Kier molecular flexibility index (Phi) is 3.81. The molecular weight excluding hydrogens is 239 g/mol.